The third kappa shape index (κ3) is 2.44. The molecule has 0 saturated heterocycles. The predicted octanol–water partition coefficient (Wildman–Crippen LogP) is 4.31. The Labute approximate surface area is 113 Å². The van der Waals surface area contributed by atoms with Crippen molar-refractivity contribution in [2.75, 3.05) is 17.7 Å². The van der Waals surface area contributed by atoms with Gasteiger partial charge in [-0.15, -0.1) is 0 Å². The molecule has 3 heteroatoms. The summed E-state index contributed by atoms with van der Waals surface area (Å²) in [6, 6.07) is 11.9. The topological polar surface area (TPSA) is 29.3 Å². The molecule has 0 aliphatic carbocycles. The lowest BCUT2D eigenvalue weighted by atomic mass is 10.1. The number of nitrogens with zero attached hydrogens (tertiary/aromatic N) is 1. The number of hydrogen-bond donors (Lipinski definition) is 1. The van der Waals surface area contributed by atoms with Crippen LogP contribution in [0, 0.1) is 13.8 Å². The summed E-state index contributed by atoms with van der Waals surface area (Å²) in [6.07, 6.45) is 0. The highest BCUT2D eigenvalue weighted by Crippen LogP contribution is 2.32. The third-order valence-electron chi connectivity index (χ3n) is 3.23. The predicted molar refractivity (Wildman–Crippen MR) is 79.8 cm³/mol. The molecule has 0 aliphatic rings. The first-order valence-corrected chi connectivity index (χ1v) is 6.23. The van der Waals surface area contributed by atoms with Crippen molar-refractivity contribution in [3.8, 4) is 0 Å². The number of nitrogen functional groups attached to an aromatic ring is 1. The maximum atomic E-state index is 6.02. The molecule has 2 N–H and O–H groups in total. The Hall–Kier alpha value is -1.67. The van der Waals surface area contributed by atoms with E-state index in [0.717, 1.165) is 17.1 Å². The van der Waals surface area contributed by atoms with Crippen LogP contribution in [0.1, 0.15) is 11.1 Å². The minimum absolute atomic E-state index is 0.690. The first-order valence-electron chi connectivity index (χ1n) is 5.85. The molecular formula is C15H17ClN2. The monoisotopic (exact) mass is 260 g/mol. The van der Waals surface area contributed by atoms with Gasteiger partial charge in [0.25, 0.3) is 0 Å². The van der Waals surface area contributed by atoms with E-state index in [0.29, 0.717) is 5.02 Å². The van der Waals surface area contributed by atoms with Crippen LogP contribution < -0.4 is 10.6 Å². The molecule has 0 spiro atoms. The average Bonchev–Trinajstić information content (AvgIpc) is 2.35. The fourth-order valence-corrected chi connectivity index (χ4v) is 2.05. The summed E-state index contributed by atoms with van der Waals surface area (Å²) in [4.78, 5) is 2.05. The second kappa shape index (κ2) is 4.91. The molecule has 0 bridgehead atoms. The summed E-state index contributed by atoms with van der Waals surface area (Å²) in [5.74, 6) is 0. The van der Waals surface area contributed by atoms with Crippen molar-refractivity contribution >= 4 is 28.7 Å². The summed E-state index contributed by atoms with van der Waals surface area (Å²) < 4.78 is 0. The highest BCUT2D eigenvalue weighted by Gasteiger charge is 2.09. The maximum absolute atomic E-state index is 6.02. The van der Waals surface area contributed by atoms with E-state index >= 15 is 0 Å². The van der Waals surface area contributed by atoms with Gasteiger partial charge in [-0.05, 0) is 55.3 Å². The van der Waals surface area contributed by atoms with Crippen molar-refractivity contribution in [1.29, 1.82) is 0 Å². The zero-order chi connectivity index (χ0) is 13.3. The molecule has 2 aromatic carbocycles. The molecule has 0 atom stereocenters. The van der Waals surface area contributed by atoms with Gasteiger partial charge in [-0.1, -0.05) is 17.7 Å². The Kier molecular flexibility index (Phi) is 3.48. The Morgan fingerprint density at radius 1 is 1.00 bits per heavy atom. The van der Waals surface area contributed by atoms with Gasteiger partial charge >= 0.3 is 0 Å². The highest BCUT2D eigenvalue weighted by atomic mass is 35.5. The minimum atomic E-state index is 0.690. The third-order valence-corrected chi connectivity index (χ3v) is 3.47. The molecule has 0 unspecified atom stereocenters. The molecule has 0 amide bonds. The van der Waals surface area contributed by atoms with Gasteiger partial charge < -0.3 is 10.6 Å². The molecule has 94 valence electrons. The van der Waals surface area contributed by atoms with Crippen LogP contribution >= 0.6 is 11.6 Å². The van der Waals surface area contributed by atoms with E-state index in [-0.39, 0.29) is 0 Å². The molecule has 2 nitrogen and oxygen atoms in total. The molecule has 2 rings (SSSR count). The van der Waals surface area contributed by atoms with Crippen LogP contribution in [0.3, 0.4) is 0 Å². The van der Waals surface area contributed by atoms with Crippen molar-refractivity contribution in [3.63, 3.8) is 0 Å². The molecular weight excluding hydrogens is 244 g/mol. The first kappa shape index (κ1) is 12.8. The highest BCUT2D eigenvalue weighted by molar-refractivity contribution is 6.31. The van der Waals surface area contributed by atoms with E-state index in [9.17, 15) is 0 Å². The van der Waals surface area contributed by atoms with E-state index < -0.39 is 0 Å². The van der Waals surface area contributed by atoms with Gasteiger partial charge in [-0.25, -0.2) is 0 Å². The van der Waals surface area contributed by atoms with Crippen LogP contribution in [0.5, 0.6) is 0 Å². The molecule has 18 heavy (non-hydrogen) atoms. The first-order chi connectivity index (χ1) is 8.49. The van der Waals surface area contributed by atoms with E-state index in [2.05, 4.69) is 32.0 Å². The number of benzene rings is 2. The Morgan fingerprint density at radius 3 is 2.39 bits per heavy atom. The normalized spacial score (nSPS) is 10.4. The molecule has 2 aromatic rings. The zero-order valence-corrected chi connectivity index (χ0v) is 11.6. The second-order valence-corrected chi connectivity index (χ2v) is 4.97. The second-order valence-electron chi connectivity index (χ2n) is 4.53. The fourth-order valence-electron chi connectivity index (χ4n) is 1.88. The van der Waals surface area contributed by atoms with Gasteiger partial charge in [-0.2, -0.15) is 0 Å². The van der Waals surface area contributed by atoms with Crippen LogP contribution in [0.4, 0.5) is 17.1 Å². The number of hydrogen-bond acceptors (Lipinski definition) is 2. The van der Waals surface area contributed by atoms with Gasteiger partial charge in [0, 0.05) is 17.8 Å². The fraction of sp³-hybridized carbons (Fsp3) is 0.200. The number of nitrogens with two attached hydrogens (primary N) is 1. The number of halogens is 1. The van der Waals surface area contributed by atoms with Crippen molar-refractivity contribution in [1.82, 2.24) is 0 Å². The molecule has 0 saturated carbocycles. The van der Waals surface area contributed by atoms with E-state index in [1.165, 1.54) is 11.1 Å². The van der Waals surface area contributed by atoms with Crippen LogP contribution in [0.25, 0.3) is 0 Å². The molecule has 0 aromatic heterocycles. The lowest BCUT2D eigenvalue weighted by Gasteiger charge is -2.22. The lowest BCUT2D eigenvalue weighted by Crippen LogP contribution is -2.11. The quantitative estimate of drug-likeness (QED) is 0.816. The van der Waals surface area contributed by atoms with Gasteiger partial charge in [0.15, 0.2) is 0 Å². The van der Waals surface area contributed by atoms with Crippen molar-refractivity contribution in [3.05, 3.63) is 52.5 Å². The molecule has 0 fully saturated rings. The molecule has 0 aliphatic heterocycles. The Balaban J connectivity index is 2.44. The van der Waals surface area contributed by atoms with E-state index in [1.807, 2.05) is 24.1 Å². The minimum Gasteiger partial charge on any atom is -0.397 e. The smallest absolute Gasteiger partial charge is 0.0656 e. The summed E-state index contributed by atoms with van der Waals surface area (Å²) in [6.45, 7) is 4.21. The number of aryl methyl sites for hydroxylation is 2. The summed E-state index contributed by atoms with van der Waals surface area (Å²) in [7, 11) is 1.99. The largest absolute Gasteiger partial charge is 0.397 e. The van der Waals surface area contributed by atoms with Gasteiger partial charge in [0.1, 0.15) is 0 Å². The summed E-state index contributed by atoms with van der Waals surface area (Å²) in [5.41, 5.74) is 11.3. The average molecular weight is 261 g/mol. The Bertz CT molecular complexity index is 579. The molecule has 0 radical (unpaired) electrons. The molecule has 0 heterocycles. The summed E-state index contributed by atoms with van der Waals surface area (Å²) in [5, 5.41) is 0.690. The van der Waals surface area contributed by atoms with Gasteiger partial charge in [0.05, 0.1) is 11.4 Å². The summed E-state index contributed by atoms with van der Waals surface area (Å²) >= 11 is 6.02. The van der Waals surface area contributed by atoms with Gasteiger partial charge in [-0.3, -0.25) is 0 Å². The van der Waals surface area contributed by atoms with Crippen molar-refractivity contribution in [2.45, 2.75) is 13.8 Å². The SMILES string of the molecule is Cc1ccc(N(C)c2cc(Cl)ccc2N)cc1C. The zero-order valence-electron chi connectivity index (χ0n) is 10.9. The number of rotatable bonds is 2. The van der Waals surface area contributed by atoms with Crippen LogP contribution in [0.15, 0.2) is 36.4 Å². The van der Waals surface area contributed by atoms with Crippen molar-refractivity contribution in [2.24, 2.45) is 0 Å². The van der Waals surface area contributed by atoms with Crippen LogP contribution in [-0.2, 0) is 0 Å². The van der Waals surface area contributed by atoms with E-state index in [4.69, 9.17) is 17.3 Å². The van der Waals surface area contributed by atoms with Crippen LogP contribution in [0.2, 0.25) is 5.02 Å². The Morgan fingerprint density at radius 2 is 1.72 bits per heavy atom. The number of anilines is 3. The lowest BCUT2D eigenvalue weighted by molar-refractivity contribution is 1.19. The van der Waals surface area contributed by atoms with E-state index in [1.54, 1.807) is 6.07 Å². The van der Waals surface area contributed by atoms with Gasteiger partial charge in [0.2, 0.25) is 0 Å². The van der Waals surface area contributed by atoms with Crippen LogP contribution in [-0.4, -0.2) is 7.05 Å². The maximum Gasteiger partial charge on any atom is 0.0656 e. The standard InChI is InChI=1S/C15H17ClN2/c1-10-4-6-13(8-11(10)2)18(3)15-9-12(16)5-7-14(15)17/h4-9H,17H2,1-3H3. The van der Waals surface area contributed by atoms with Crippen molar-refractivity contribution < 1.29 is 0 Å².